The van der Waals surface area contributed by atoms with E-state index in [-0.39, 0.29) is 7.92 Å². The highest BCUT2D eigenvalue weighted by Crippen LogP contribution is 2.58. The molecule has 2 aliphatic carbocycles. The SMILES string of the molecule is CN(C)c1cc2ccccc2c(P(C2CCCCC2)C2CCCCC2)c1-c1ccc2ccccc2c1. The molecule has 0 atom stereocenters. The molecule has 0 amide bonds. The smallest absolute Gasteiger partial charge is 0.0453 e. The van der Waals surface area contributed by atoms with Crippen molar-refractivity contribution in [3.63, 3.8) is 0 Å². The van der Waals surface area contributed by atoms with Crippen molar-refractivity contribution in [1.29, 1.82) is 0 Å². The second-order valence-electron chi connectivity index (χ2n) is 11.3. The zero-order valence-electron chi connectivity index (χ0n) is 22.0. The molecule has 0 bridgehead atoms. The molecule has 0 aromatic heterocycles. The first-order chi connectivity index (χ1) is 17.7. The van der Waals surface area contributed by atoms with Gasteiger partial charge in [-0.3, -0.25) is 0 Å². The summed E-state index contributed by atoms with van der Waals surface area (Å²) < 4.78 is 0. The first-order valence-electron chi connectivity index (χ1n) is 14.2. The van der Waals surface area contributed by atoms with Crippen LogP contribution in [0.3, 0.4) is 0 Å². The Kier molecular flexibility index (Phi) is 7.03. The van der Waals surface area contributed by atoms with Gasteiger partial charge in [0.2, 0.25) is 0 Å². The summed E-state index contributed by atoms with van der Waals surface area (Å²) in [6, 6.07) is 27.8. The van der Waals surface area contributed by atoms with Crippen LogP contribution in [0.1, 0.15) is 64.2 Å². The highest BCUT2D eigenvalue weighted by atomic mass is 31.1. The first kappa shape index (κ1) is 24.0. The van der Waals surface area contributed by atoms with Gasteiger partial charge in [-0.25, -0.2) is 0 Å². The molecule has 4 aromatic carbocycles. The average molecular weight is 494 g/mol. The van der Waals surface area contributed by atoms with E-state index in [1.807, 2.05) is 0 Å². The van der Waals surface area contributed by atoms with Crippen LogP contribution in [0.4, 0.5) is 5.69 Å². The summed E-state index contributed by atoms with van der Waals surface area (Å²) >= 11 is 0. The Bertz CT molecular complexity index is 1330. The number of anilines is 1. The zero-order chi connectivity index (χ0) is 24.5. The summed E-state index contributed by atoms with van der Waals surface area (Å²) in [6.45, 7) is 0. The maximum Gasteiger partial charge on any atom is 0.0453 e. The Morgan fingerprint density at radius 1 is 0.611 bits per heavy atom. The number of hydrogen-bond donors (Lipinski definition) is 0. The lowest BCUT2D eigenvalue weighted by Gasteiger charge is -2.41. The van der Waals surface area contributed by atoms with E-state index in [1.54, 1.807) is 5.30 Å². The summed E-state index contributed by atoms with van der Waals surface area (Å²) in [6.07, 6.45) is 14.3. The van der Waals surface area contributed by atoms with Crippen molar-refractivity contribution in [3.05, 3.63) is 72.8 Å². The first-order valence-corrected chi connectivity index (χ1v) is 15.7. The third kappa shape index (κ3) is 4.56. The predicted octanol–water partition coefficient (Wildman–Crippen LogP) is 9.50. The van der Waals surface area contributed by atoms with Gasteiger partial charge >= 0.3 is 0 Å². The monoisotopic (exact) mass is 493 g/mol. The molecule has 2 heteroatoms. The van der Waals surface area contributed by atoms with Crippen molar-refractivity contribution in [2.75, 3.05) is 19.0 Å². The Morgan fingerprint density at radius 2 is 1.19 bits per heavy atom. The van der Waals surface area contributed by atoms with Crippen LogP contribution in [0, 0.1) is 0 Å². The molecule has 36 heavy (non-hydrogen) atoms. The quantitative estimate of drug-likeness (QED) is 0.250. The molecule has 2 fully saturated rings. The second kappa shape index (κ2) is 10.5. The van der Waals surface area contributed by atoms with E-state index in [9.17, 15) is 0 Å². The zero-order valence-corrected chi connectivity index (χ0v) is 22.9. The van der Waals surface area contributed by atoms with E-state index in [2.05, 4.69) is 91.8 Å². The van der Waals surface area contributed by atoms with Crippen molar-refractivity contribution in [1.82, 2.24) is 0 Å². The minimum Gasteiger partial charge on any atom is -0.377 e. The molecule has 0 radical (unpaired) electrons. The summed E-state index contributed by atoms with van der Waals surface area (Å²) in [5, 5.41) is 7.34. The lowest BCUT2D eigenvalue weighted by atomic mass is 9.96. The minimum atomic E-state index is -0.247. The number of nitrogens with zero attached hydrogens (tertiary/aromatic N) is 1. The maximum absolute atomic E-state index is 2.46. The van der Waals surface area contributed by atoms with Crippen molar-refractivity contribution in [2.45, 2.75) is 75.5 Å². The molecule has 0 saturated heterocycles. The van der Waals surface area contributed by atoms with Gasteiger partial charge in [-0.1, -0.05) is 107 Å². The van der Waals surface area contributed by atoms with E-state index < -0.39 is 0 Å². The lowest BCUT2D eigenvalue weighted by molar-refractivity contribution is 0.487. The maximum atomic E-state index is 2.46. The Morgan fingerprint density at radius 3 is 1.83 bits per heavy atom. The minimum absolute atomic E-state index is 0.247. The van der Waals surface area contributed by atoms with Crippen molar-refractivity contribution >= 4 is 40.5 Å². The standard InChI is InChI=1S/C34H40NP/c1-35(2)32-24-27-15-11-12-20-31(27)34(33(32)28-22-21-25-13-9-10-14-26(25)23-28)36(29-16-5-3-6-17-29)30-18-7-4-8-19-30/h9-15,20-24,29-30H,3-8,16-19H2,1-2H3. The van der Waals surface area contributed by atoms with Crippen LogP contribution in [0.5, 0.6) is 0 Å². The number of benzene rings is 4. The molecule has 0 heterocycles. The van der Waals surface area contributed by atoms with Gasteiger partial charge in [0.25, 0.3) is 0 Å². The Labute approximate surface area is 218 Å². The summed E-state index contributed by atoms with van der Waals surface area (Å²) in [5.41, 5.74) is 6.05. The Hall–Kier alpha value is -2.37. The van der Waals surface area contributed by atoms with Crippen LogP contribution < -0.4 is 10.2 Å². The molecular formula is C34H40NP. The third-order valence-electron chi connectivity index (χ3n) is 8.72. The van der Waals surface area contributed by atoms with E-state index in [4.69, 9.17) is 0 Å². The van der Waals surface area contributed by atoms with Crippen LogP contribution >= 0.6 is 7.92 Å². The molecule has 0 N–H and O–H groups in total. The van der Waals surface area contributed by atoms with Crippen LogP contribution in [0.15, 0.2) is 72.8 Å². The number of rotatable bonds is 5. The molecule has 0 unspecified atom stereocenters. The molecule has 0 spiro atoms. The Balaban J connectivity index is 1.66. The average Bonchev–Trinajstić information content (AvgIpc) is 2.94. The molecule has 2 saturated carbocycles. The van der Waals surface area contributed by atoms with Crippen LogP contribution in [0.25, 0.3) is 32.7 Å². The molecule has 186 valence electrons. The van der Waals surface area contributed by atoms with Gasteiger partial charge in [0.05, 0.1) is 0 Å². The van der Waals surface area contributed by atoms with Crippen molar-refractivity contribution in [3.8, 4) is 11.1 Å². The fourth-order valence-corrected chi connectivity index (χ4v) is 11.1. The van der Waals surface area contributed by atoms with Gasteiger partial charge in [-0.05, 0) is 81.5 Å². The molecule has 4 aromatic rings. The molecule has 6 rings (SSSR count). The van der Waals surface area contributed by atoms with Crippen molar-refractivity contribution < 1.29 is 0 Å². The third-order valence-corrected chi connectivity index (χ3v) is 12.3. The highest BCUT2D eigenvalue weighted by molar-refractivity contribution is 7.67. The van der Waals surface area contributed by atoms with Gasteiger partial charge in [0.15, 0.2) is 0 Å². The van der Waals surface area contributed by atoms with E-state index in [0.717, 1.165) is 11.3 Å². The van der Waals surface area contributed by atoms with Gasteiger partial charge in [0.1, 0.15) is 0 Å². The topological polar surface area (TPSA) is 3.24 Å². The largest absolute Gasteiger partial charge is 0.377 e. The van der Waals surface area contributed by atoms with Crippen molar-refractivity contribution in [2.24, 2.45) is 0 Å². The molecular weight excluding hydrogens is 453 g/mol. The summed E-state index contributed by atoms with van der Waals surface area (Å²) in [7, 11) is 4.23. The number of fused-ring (bicyclic) bond motifs is 2. The second-order valence-corrected chi connectivity index (χ2v) is 14.0. The fourth-order valence-electron chi connectivity index (χ4n) is 6.95. The summed E-state index contributed by atoms with van der Waals surface area (Å²) in [5.74, 6) is 0. The van der Waals surface area contributed by atoms with E-state index in [1.165, 1.54) is 103 Å². The van der Waals surface area contributed by atoms with Crippen LogP contribution in [-0.4, -0.2) is 25.4 Å². The van der Waals surface area contributed by atoms with Gasteiger partial charge in [-0.2, -0.15) is 0 Å². The van der Waals surface area contributed by atoms with E-state index in [0.29, 0.717) is 0 Å². The van der Waals surface area contributed by atoms with Gasteiger partial charge in [-0.15, -0.1) is 0 Å². The van der Waals surface area contributed by atoms with Crippen LogP contribution in [0.2, 0.25) is 0 Å². The van der Waals surface area contributed by atoms with Gasteiger partial charge in [0, 0.05) is 25.3 Å². The van der Waals surface area contributed by atoms with E-state index >= 15 is 0 Å². The fraction of sp³-hybridized carbons (Fsp3) is 0.412. The predicted molar refractivity (Wildman–Crippen MR) is 162 cm³/mol. The molecule has 1 nitrogen and oxygen atoms in total. The van der Waals surface area contributed by atoms with Crippen LogP contribution in [-0.2, 0) is 0 Å². The molecule has 2 aliphatic rings. The normalized spacial score (nSPS) is 17.8. The summed E-state index contributed by atoms with van der Waals surface area (Å²) in [4.78, 5) is 2.37. The highest BCUT2D eigenvalue weighted by Gasteiger charge is 2.35. The number of hydrogen-bond acceptors (Lipinski definition) is 1. The van der Waals surface area contributed by atoms with Gasteiger partial charge < -0.3 is 4.90 Å². The molecule has 0 aliphatic heterocycles. The lowest BCUT2D eigenvalue weighted by Crippen LogP contribution is -2.28.